The quantitative estimate of drug-likeness (QED) is 0.487. The van der Waals surface area contributed by atoms with Crippen LogP contribution in [0.3, 0.4) is 0 Å². The van der Waals surface area contributed by atoms with Crippen LogP contribution in [-0.4, -0.2) is 12.0 Å². The molecule has 0 radical (unpaired) electrons. The van der Waals surface area contributed by atoms with E-state index in [2.05, 4.69) is 15.9 Å². The van der Waals surface area contributed by atoms with Crippen LogP contribution in [0.25, 0.3) is 0 Å². The van der Waals surface area contributed by atoms with Gasteiger partial charge in [0.25, 0.3) is 5.91 Å². The first-order valence-electron chi connectivity index (χ1n) is 4.06. The van der Waals surface area contributed by atoms with Gasteiger partial charge < -0.3 is 4.74 Å². The number of nitrogens with two attached hydrogens (primary N) is 1. The van der Waals surface area contributed by atoms with Crippen LogP contribution in [0, 0.1) is 0 Å². The van der Waals surface area contributed by atoms with Crippen LogP contribution in [-0.2, 0) is 4.79 Å². The fourth-order valence-electron chi connectivity index (χ4n) is 0.915. The van der Waals surface area contributed by atoms with Crippen LogP contribution >= 0.6 is 15.9 Å². The normalized spacial score (nSPS) is 11.9. The third-order valence-corrected chi connectivity index (χ3v) is 2.11. The minimum absolute atomic E-state index is 0.357. The fourth-order valence-corrected chi connectivity index (χ4v) is 1.29. The summed E-state index contributed by atoms with van der Waals surface area (Å²) in [5.74, 6) is 5.23. The van der Waals surface area contributed by atoms with Crippen molar-refractivity contribution in [3.8, 4) is 5.75 Å². The molecule has 1 rings (SSSR count). The molecule has 0 unspecified atom stereocenters. The highest BCUT2D eigenvalue weighted by molar-refractivity contribution is 9.10. The topological polar surface area (TPSA) is 64.3 Å². The van der Waals surface area contributed by atoms with Crippen molar-refractivity contribution in [2.75, 3.05) is 0 Å². The lowest BCUT2D eigenvalue weighted by Crippen LogP contribution is -2.40. The van der Waals surface area contributed by atoms with Gasteiger partial charge in [-0.05, 0) is 25.1 Å². The van der Waals surface area contributed by atoms with Gasteiger partial charge in [-0.25, -0.2) is 5.84 Å². The third kappa shape index (κ3) is 3.01. The zero-order valence-corrected chi connectivity index (χ0v) is 9.24. The molecule has 0 fully saturated rings. The molecule has 1 aromatic carbocycles. The van der Waals surface area contributed by atoms with Gasteiger partial charge in [0.1, 0.15) is 5.75 Å². The molecule has 3 N–H and O–H groups in total. The summed E-state index contributed by atoms with van der Waals surface area (Å²) < 4.78 is 6.22. The van der Waals surface area contributed by atoms with Crippen molar-refractivity contribution in [2.45, 2.75) is 13.0 Å². The Morgan fingerprint density at radius 3 is 2.93 bits per heavy atom. The Kier molecular flexibility index (Phi) is 3.91. The lowest BCUT2D eigenvalue weighted by molar-refractivity contribution is -0.127. The number of nitrogens with one attached hydrogen (secondary N) is 1. The molecule has 14 heavy (non-hydrogen) atoms. The molecule has 4 nitrogen and oxygen atoms in total. The summed E-state index contributed by atoms with van der Waals surface area (Å²) in [5.41, 5.74) is 2.02. The molecule has 0 bridgehead atoms. The number of rotatable bonds is 3. The third-order valence-electron chi connectivity index (χ3n) is 1.62. The summed E-state index contributed by atoms with van der Waals surface area (Å²) in [6.45, 7) is 1.63. The van der Waals surface area contributed by atoms with Crippen LogP contribution in [0.15, 0.2) is 28.7 Å². The predicted octanol–water partition coefficient (Wildman–Crippen LogP) is 1.21. The first kappa shape index (κ1) is 11.0. The standard InChI is InChI=1S/C9H11BrN2O2/c1-6(9(13)12-11)14-8-4-2-3-7(10)5-8/h2-6H,11H2,1H3,(H,12,13)/t6-/m0/s1. The van der Waals surface area contributed by atoms with Gasteiger partial charge in [0.2, 0.25) is 0 Å². The van der Waals surface area contributed by atoms with E-state index in [4.69, 9.17) is 10.6 Å². The van der Waals surface area contributed by atoms with Gasteiger partial charge in [0.05, 0.1) is 0 Å². The molecule has 0 aliphatic heterocycles. The molecule has 1 aromatic rings. The molecule has 0 heterocycles. The Labute approximate surface area is 90.5 Å². The van der Waals surface area contributed by atoms with Crippen molar-refractivity contribution in [3.05, 3.63) is 28.7 Å². The Bertz CT molecular complexity index is 330. The summed E-state index contributed by atoms with van der Waals surface area (Å²) >= 11 is 3.30. The summed E-state index contributed by atoms with van der Waals surface area (Å²) in [7, 11) is 0. The number of ether oxygens (including phenoxy) is 1. The first-order valence-corrected chi connectivity index (χ1v) is 4.85. The minimum atomic E-state index is -0.603. The van der Waals surface area contributed by atoms with Crippen LogP contribution < -0.4 is 16.0 Å². The molecule has 0 aliphatic rings. The van der Waals surface area contributed by atoms with E-state index in [1.54, 1.807) is 19.1 Å². The molecule has 0 aromatic heterocycles. The molecular weight excluding hydrogens is 248 g/mol. The van der Waals surface area contributed by atoms with E-state index >= 15 is 0 Å². The van der Waals surface area contributed by atoms with Crippen molar-refractivity contribution >= 4 is 21.8 Å². The Balaban J connectivity index is 2.64. The number of hydrogen-bond donors (Lipinski definition) is 2. The van der Waals surface area contributed by atoms with Crippen LogP contribution in [0.1, 0.15) is 6.92 Å². The fraction of sp³-hybridized carbons (Fsp3) is 0.222. The smallest absolute Gasteiger partial charge is 0.274 e. The van der Waals surface area contributed by atoms with E-state index in [1.807, 2.05) is 17.6 Å². The molecule has 1 amide bonds. The average molecular weight is 259 g/mol. The average Bonchev–Trinajstić information content (AvgIpc) is 2.16. The van der Waals surface area contributed by atoms with E-state index in [1.165, 1.54) is 0 Å². The largest absolute Gasteiger partial charge is 0.481 e. The van der Waals surface area contributed by atoms with Gasteiger partial charge >= 0.3 is 0 Å². The van der Waals surface area contributed by atoms with Gasteiger partial charge in [-0.1, -0.05) is 22.0 Å². The van der Waals surface area contributed by atoms with Gasteiger partial charge in [-0.3, -0.25) is 10.2 Å². The van der Waals surface area contributed by atoms with Gasteiger partial charge in [-0.2, -0.15) is 0 Å². The van der Waals surface area contributed by atoms with E-state index < -0.39 is 6.10 Å². The monoisotopic (exact) mass is 258 g/mol. The van der Waals surface area contributed by atoms with Crippen molar-refractivity contribution < 1.29 is 9.53 Å². The molecule has 5 heteroatoms. The minimum Gasteiger partial charge on any atom is -0.481 e. The Hall–Kier alpha value is -1.07. The predicted molar refractivity (Wildman–Crippen MR) is 56.6 cm³/mol. The maximum Gasteiger partial charge on any atom is 0.274 e. The van der Waals surface area contributed by atoms with Crippen molar-refractivity contribution in [2.24, 2.45) is 5.84 Å². The summed E-state index contributed by atoms with van der Waals surface area (Å²) in [6.07, 6.45) is -0.603. The van der Waals surface area contributed by atoms with Crippen LogP contribution in [0.4, 0.5) is 0 Å². The molecule has 0 spiro atoms. The molecule has 1 atom stereocenters. The van der Waals surface area contributed by atoms with E-state index in [9.17, 15) is 4.79 Å². The number of hydrazine groups is 1. The zero-order chi connectivity index (χ0) is 10.6. The summed E-state index contributed by atoms with van der Waals surface area (Å²) in [5, 5.41) is 0. The van der Waals surface area contributed by atoms with Crippen LogP contribution in [0.2, 0.25) is 0 Å². The molecule has 0 aliphatic carbocycles. The highest BCUT2D eigenvalue weighted by Gasteiger charge is 2.12. The number of halogens is 1. The summed E-state index contributed by atoms with van der Waals surface area (Å²) in [4.78, 5) is 11.0. The number of amides is 1. The summed E-state index contributed by atoms with van der Waals surface area (Å²) in [6, 6.07) is 7.25. The molecule has 0 saturated heterocycles. The van der Waals surface area contributed by atoms with E-state index in [0.29, 0.717) is 5.75 Å². The van der Waals surface area contributed by atoms with Gasteiger partial charge in [0, 0.05) is 4.47 Å². The second kappa shape index (κ2) is 4.97. The maximum atomic E-state index is 11.0. The first-order chi connectivity index (χ1) is 6.63. The number of carbonyl (C=O) groups is 1. The zero-order valence-electron chi connectivity index (χ0n) is 7.66. The second-order valence-electron chi connectivity index (χ2n) is 2.73. The highest BCUT2D eigenvalue weighted by atomic mass is 79.9. The van der Waals surface area contributed by atoms with Crippen molar-refractivity contribution in [3.63, 3.8) is 0 Å². The van der Waals surface area contributed by atoms with Crippen molar-refractivity contribution in [1.82, 2.24) is 5.43 Å². The van der Waals surface area contributed by atoms with Crippen molar-refractivity contribution in [1.29, 1.82) is 0 Å². The van der Waals surface area contributed by atoms with E-state index in [0.717, 1.165) is 4.47 Å². The Morgan fingerprint density at radius 2 is 2.36 bits per heavy atom. The second-order valence-corrected chi connectivity index (χ2v) is 3.64. The molecule has 76 valence electrons. The highest BCUT2D eigenvalue weighted by Crippen LogP contribution is 2.18. The lowest BCUT2D eigenvalue weighted by atomic mass is 10.3. The van der Waals surface area contributed by atoms with Crippen LogP contribution in [0.5, 0.6) is 5.75 Å². The Morgan fingerprint density at radius 1 is 1.64 bits per heavy atom. The maximum absolute atomic E-state index is 11.0. The SMILES string of the molecule is C[C@H](Oc1cccc(Br)c1)C(=O)NN. The molecule has 0 saturated carbocycles. The number of benzene rings is 1. The molecular formula is C9H11BrN2O2. The van der Waals surface area contributed by atoms with Gasteiger partial charge in [0.15, 0.2) is 6.10 Å². The number of carbonyl (C=O) groups excluding carboxylic acids is 1. The number of hydrogen-bond acceptors (Lipinski definition) is 3. The van der Waals surface area contributed by atoms with Gasteiger partial charge in [-0.15, -0.1) is 0 Å². The lowest BCUT2D eigenvalue weighted by Gasteiger charge is -2.12. The van der Waals surface area contributed by atoms with E-state index in [-0.39, 0.29) is 5.91 Å².